The van der Waals surface area contributed by atoms with Crippen LogP contribution in [0.15, 0.2) is 36.4 Å². The van der Waals surface area contributed by atoms with Gasteiger partial charge in [-0.3, -0.25) is 5.32 Å². The summed E-state index contributed by atoms with van der Waals surface area (Å²) in [5.74, 6) is 0.712. The number of aliphatic hydroxyl groups is 1. The normalized spacial score (nSPS) is 13.4. The predicted octanol–water partition coefficient (Wildman–Crippen LogP) is 3.03. The lowest BCUT2D eigenvalue weighted by Gasteiger charge is -2.18. The fourth-order valence-electron chi connectivity index (χ4n) is 2.11. The summed E-state index contributed by atoms with van der Waals surface area (Å²) in [6.45, 7) is -1.55. The molecule has 0 saturated heterocycles. The van der Waals surface area contributed by atoms with Crippen LogP contribution in [-0.2, 0) is 0 Å². The summed E-state index contributed by atoms with van der Waals surface area (Å²) in [6.07, 6.45) is -4.31. The van der Waals surface area contributed by atoms with E-state index in [9.17, 15) is 18.3 Å². The third kappa shape index (κ3) is 4.09. The molecular weight excluding hydrogens is 283 g/mol. The highest BCUT2D eigenvalue weighted by atomic mass is 19.4. The van der Waals surface area contributed by atoms with Crippen LogP contribution in [0.5, 0.6) is 5.75 Å². The number of alkyl halides is 3. The van der Waals surface area contributed by atoms with Gasteiger partial charge in [-0.05, 0) is 34.5 Å². The van der Waals surface area contributed by atoms with Crippen molar-refractivity contribution in [2.75, 3.05) is 20.3 Å². The number of rotatable bonds is 5. The van der Waals surface area contributed by atoms with Crippen molar-refractivity contribution in [2.45, 2.75) is 12.2 Å². The van der Waals surface area contributed by atoms with Crippen molar-refractivity contribution in [1.29, 1.82) is 0 Å². The Balaban J connectivity index is 2.23. The van der Waals surface area contributed by atoms with Crippen molar-refractivity contribution >= 4 is 10.8 Å². The molecule has 114 valence electrons. The molecule has 0 radical (unpaired) electrons. The first kappa shape index (κ1) is 15.6. The highest BCUT2D eigenvalue weighted by Gasteiger charge is 2.28. The number of ether oxygens (including phenoxy) is 1. The van der Waals surface area contributed by atoms with Crippen LogP contribution in [0, 0.1) is 0 Å². The van der Waals surface area contributed by atoms with Crippen molar-refractivity contribution in [3.8, 4) is 5.75 Å². The molecule has 2 aromatic carbocycles. The molecule has 0 saturated carbocycles. The smallest absolute Gasteiger partial charge is 0.401 e. The number of hydrogen-bond donors (Lipinski definition) is 2. The standard InChI is InChI=1S/C15H16F3NO2/c1-21-13-5-4-10-6-12(3-2-11(10)7-13)14(8-20)19-9-15(16,17)18/h2-7,14,19-20H,8-9H2,1H3. The second-order valence-electron chi connectivity index (χ2n) is 4.70. The number of nitrogens with one attached hydrogen (secondary N) is 1. The molecule has 0 aliphatic heterocycles. The first-order valence-electron chi connectivity index (χ1n) is 6.41. The Morgan fingerprint density at radius 2 is 1.81 bits per heavy atom. The second kappa shape index (κ2) is 6.32. The maximum absolute atomic E-state index is 12.2. The third-order valence-corrected chi connectivity index (χ3v) is 3.21. The zero-order chi connectivity index (χ0) is 15.5. The summed E-state index contributed by atoms with van der Waals surface area (Å²) in [7, 11) is 1.57. The van der Waals surface area contributed by atoms with Crippen LogP contribution in [0.2, 0.25) is 0 Å². The predicted molar refractivity (Wildman–Crippen MR) is 74.4 cm³/mol. The van der Waals surface area contributed by atoms with E-state index in [2.05, 4.69) is 5.32 Å². The Bertz CT molecular complexity index is 613. The van der Waals surface area contributed by atoms with Gasteiger partial charge in [-0.15, -0.1) is 0 Å². The first-order valence-corrected chi connectivity index (χ1v) is 6.41. The molecule has 0 heterocycles. The molecule has 2 aromatic rings. The zero-order valence-corrected chi connectivity index (χ0v) is 11.4. The largest absolute Gasteiger partial charge is 0.497 e. The lowest BCUT2D eigenvalue weighted by Crippen LogP contribution is -2.33. The molecule has 2 rings (SSSR count). The molecule has 0 bridgehead atoms. The van der Waals surface area contributed by atoms with Crippen molar-refractivity contribution in [3.63, 3.8) is 0 Å². The van der Waals surface area contributed by atoms with E-state index in [0.717, 1.165) is 10.8 Å². The second-order valence-corrected chi connectivity index (χ2v) is 4.70. The molecule has 0 amide bonds. The summed E-state index contributed by atoms with van der Waals surface area (Å²) in [5, 5.41) is 13.4. The minimum Gasteiger partial charge on any atom is -0.497 e. The Morgan fingerprint density at radius 1 is 1.14 bits per heavy atom. The summed E-state index contributed by atoms with van der Waals surface area (Å²) in [4.78, 5) is 0. The molecule has 2 N–H and O–H groups in total. The summed E-state index contributed by atoms with van der Waals surface area (Å²) in [6, 6.07) is 9.96. The number of aliphatic hydroxyl groups excluding tert-OH is 1. The van der Waals surface area contributed by atoms with Crippen molar-refractivity contribution in [3.05, 3.63) is 42.0 Å². The van der Waals surface area contributed by atoms with Gasteiger partial charge in [-0.25, -0.2) is 0 Å². The van der Waals surface area contributed by atoms with Crippen LogP contribution in [0.1, 0.15) is 11.6 Å². The minimum absolute atomic E-state index is 0.405. The molecule has 0 aromatic heterocycles. The molecule has 6 heteroatoms. The number of fused-ring (bicyclic) bond motifs is 1. The van der Waals surface area contributed by atoms with Gasteiger partial charge in [-0.1, -0.05) is 18.2 Å². The van der Waals surface area contributed by atoms with Crippen LogP contribution in [0.4, 0.5) is 13.2 Å². The Morgan fingerprint density at radius 3 is 2.43 bits per heavy atom. The van der Waals surface area contributed by atoms with Crippen LogP contribution < -0.4 is 10.1 Å². The fourth-order valence-corrected chi connectivity index (χ4v) is 2.11. The lowest BCUT2D eigenvalue weighted by atomic mass is 10.0. The molecule has 21 heavy (non-hydrogen) atoms. The number of halogens is 3. The number of benzene rings is 2. The van der Waals surface area contributed by atoms with E-state index in [4.69, 9.17) is 4.74 Å². The van der Waals surface area contributed by atoms with E-state index in [0.29, 0.717) is 11.3 Å². The zero-order valence-electron chi connectivity index (χ0n) is 11.4. The van der Waals surface area contributed by atoms with Crippen LogP contribution in [0.25, 0.3) is 10.8 Å². The maximum Gasteiger partial charge on any atom is 0.401 e. The van der Waals surface area contributed by atoms with Crippen LogP contribution >= 0.6 is 0 Å². The molecule has 1 unspecified atom stereocenters. The van der Waals surface area contributed by atoms with Crippen molar-refractivity contribution < 1.29 is 23.0 Å². The Hall–Kier alpha value is -1.79. The first-order chi connectivity index (χ1) is 9.93. The van der Waals surface area contributed by atoms with E-state index in [1.165, 1.54) is 0 Å². The minimum atomic E-state index is -4.31. The number of methoxy groups -OCH3 is 1. The van der Waals surface area contributed by atoms with Gasteiger partial charge in [0.2, 0.25) is 0 Å². The van der Waals surface area contributed by atoms with Gasteiger partial charge >= 0.3 is 6.18 Å². The molecule has 3 nitrogen and oxygen atoms in total. The summed E-state index contributed by atoms with van der Waals surface area (Å²) in [5.41, 5.74) is 0.611. The average Bonchev–Trinajstić information content (AvgIpc) is 2.46. The third-order valence-electron chi connectivity index (χ3n) is 3.21. The quantitative estimate of drug-likeness (QED) is 0.891. The van der Waals surface area contributed by atoms with Gasteiger partial charge < -0.3 is 9.84 Å². The van der Waals surface area contributed by atoms with Crippen LogP contribution in [-0.4, -0.2) is 31.5 Å². The number of hydrogen-bond acceptors (Lipinski definition) is 3. The van der Waals surface area contributed by atoms with E-state index < -0.39 is 25.4 Å². The Kier molecular flexibility index (Phi) is 4.69. The molecule has 0 spiro atoms. The van der Waals surface area contributed by atoms with E-state index >= 15 is 0 Å². The SMILES string of the molecule is COc1ccc2cc(C(CO)NCC(F)(F)F)ccc2c1. The fraction of sp³-hybridized carbons (Fsp3) is 0.333. The molecule has 1 atom stereocenters. The van der Waals surface area contributed by atoms with Gasteiger partial charge in [0.05, 0.1) is 26.3 Å². The lowest BCUT2D eigenvalue weighted by molar-refractivity contribution is -0.126. The van der Waals surface area contributed by atoms with E-state index in [1.807, 2.05) is 12.1 Å². The van der Waals surface area contributed by atoms with Gasteiger partial charge in [-0.2, -0.15) is 13.2 Å². The Labute approximate surface area is 120 Å². The summed E-state index contributed by atoms with van der Waals surface area (Å²) >= 11 is 0. The van der Waals surface area contributed by atoms with Gasteiger partial charge in [0.1, 0.15) is 5.75 Å². The molecule has 0 aliphatic rings. The van der Waals surface area contributed by atoms with Crippen LogP contribution in [0.3, 0.4) is 0 Å². The highest BCUT2D eigenvalue weighted by molar-refractivity contribution is 5.84. The summed E-state index contributed by atoms with van der Waals surface area (Å²) < 4.78 is 41.9. The molecular formula is C15H16F3NO2. The van der Waals surface area contributed by atoms with Crippen molar-refractivity contribution in [1.82, 2.24) is 5.32 Å². The topological polar surface area (TPSA) is 41.5 Å². The van der Waals surface area contributed by atoms with Crippen molar-refractivity contribution in [2.24, 2.45) is 0 Å². The van der Waals surface area contributed by atoms with Gasteiger partial charge in [0, 0.05) is 0 Å². The van der Waals surface area contributed by atoms with Gasteiger partial charge in [0.25, 0.3) is 0 Å². The highest BCUT2D eigenvalue weighted by Crippen LogP contribution is 2.25. The average molecular weight is 299 g/mol. The van der Waals surface area contributed by atoms with E-state index in [-0.39, 0.29) is 0 Å². The monoisotopic (exact) mass is 299 g/mol. The maximum atomic E-state index is 12.2. The molecule has 0 fully saturated rings. The van der Waals surface area contributed by atoms with Gasteiger partial charge in [0.15, 0.2) is 0 Å². The molecule has 0 aliphatic carbocycles. The van der Waals surface area contributed by atoms with E-state index in [1.54, 1.807) is 31.4 Å².